The van der Waals surface area contributed by atoms with Crippen LogP contribution in [0.2, 0.25) is 0 Å². The number of hydrogen-bond acceptors (Lipinski definition) is 5. The summed E-state index contributed by atoms with van der Waals surface area (Å²) in [6.07, 6.45) is 1.47. The third-order valence-corrected chi connectivity index (χ3v) is 5.86. The van der Waals surface area contributed by atoms with Crippen molar-refractivity contribution in [1.82, 2.24) is 4.98 Å². The van der Waals surface area contributed by atoms with Crippen molar-refractivity contribution in [2.24, 2.45) is 0 Å². The summed E-state index contributed by atoms with van der Waals surface area (Å²) < 4.78 is 40.5. The first-order valence-corrected chi connectivity index (χ1v) is 8.57. The van der Waals surface area contributed by atoms with E-state index in [4.69, 9.17) is 5.73 Å². The average molecular weight is 431 g/mol. The molecule has 1 heterocycles. The minimum atomic E-state index is -3.89. The first kappa shape index (κ1) is 14.7. The summed E-state index contributed by atoms with van der Waals surface area (Å²) in [4.78, 5) is 3.70. The zero-order chi connectivity index (χ0) is 14.2. The molecule has 1 aromatic carbocycles. The first-order valence-electron chi connectivity index (χ1n) is 4.68. The maximum Gasteiger partial charge on any atom is 0.264 e. The van der Waals surface area contributed by atoms with E-state index >= 15 is 0 Å². The van der Waals surface area contributed by atoms with Gasteiger partial charge < -0.3 is 5.73 Å². The average Bonchev–Trinajstić information content (AvgIpc) is 2.68. The van der Waals surface area contributed by atoms with Crippen LogP contribution in [0.4, 0.5) is 15.2 Å². The van der Waals surface area contributed by atoms with Crippen molar-refractivity contribution < 1.29 is 12.8 Å². The Balaban J connectivity index is 2.42. The number of nitrogens with one attached hydrogen (secondary N) is 1. The molecule has 0 radical (unpaired) electrons. The summed E-state index contributed by atoms with van der Waals surface area (Å²) in [6, 6.07) is 2.05. The van der Waals surface area contributed by atoms with Gasteiger partial charge in [-0.15, -0.1) is 0 Å². The zero-order valence-electron chi connectivity index (χ0n) is 9.02. The Morgan fingerprint density at radius 3 is 2.63 bits per heavy atom. The molecule has 0 aliphatic carbocycles. The van der Waals surface area contributed by atoms with Gasteiger partial charge in [-0.2, -0.15) is 0 Å². The van der Waals surface area contributed by atoms with Gasteiger partial charge in [-0.25, -0.2) is 17.8 Å². The molecular formula is C9H6Br2FN3O2S2. The third-order valence-electron chi connectivity index (χ3n) is 2.04. The molecule has 0 fully saturated rings. The van der Waals surface area contributed by atoms with E-state index in [1.54, 1.807) is 0 Å². The van der Waals surface area contributed by atoms with Crippen molar-refractivity contribution >= 4 is 64.0 Å². The number of sulfonamides is 1. The van der Waals surface area contributed by atoms with Crippen LogP contribution in [0.25, 0.3) is 0 Å². The molecule has 102 valence electrons. The maximum absolute atomic E-state index is 13.2. The highest BCUT2D eigenvalue weighted by Gasteiger charge is 2.21. The van der Waals surface area contributed by atoms with Crippen LogP contribution in [0.1, 0.15) is 0 Å². The lowest BCUT2D eigenvalue weighted by atomic mass is 10.3. The van der Waals surface area contributed by atoms with E-state index in [0.717, 1.165) is 23.5 Å². The van der Waals surface area contributed by atoms with Crippen LogP contribution in [-0.4, -0.2) is 13.4 Å². The summed E-state index contributed by atoms with van der Waals surface area (Å²) in [5.74, 6) is -0.692. The minimum absolute atomic E-state index is 0.0855. The molecule has 3 N–H and O–H groups in total. The van der Waals surface area contributed by atoms with Gasteiger partial charge in [0.1, 0.15) is 10.7 Å². The predicted octanol–water partition coefficient (Wildman–Crippen LogP) is 3.19. The van der Waals surface area contributed by atoms with Crippen LogP contribution >= 0.6 is 43.2 Å². The second-order valence-electron chi connectivity index (χ2n) is 3.38. The summed E-state index contributed by atoms with van der Waals surface area (Å²) in [7, 11) is -3.89. The Bertz CT molecular complexity index is 733. The molecule has 0 saturated heterocycles. The minimum Gasteiger partial charge on any atom is -0.396 e. The van der Waals surface area contributed by atoms with Crippen molar-refractivity contribution in [1.29, 1.82) is 0 Å². The zero-order valence-corrected chi connectivity index (χ0v) is 13.8. The van der Waals surface area contributed by atoms with Gasteiger partial charge in [0.05, 0.1) is 15.7 Å². The smallest absolute Gasteiger partial charge is 0.264 e. The van der Waals surface area contributed by atoms with Crippen LogP contribution < -0.4 is 10.5 Å². The number of thiazole rings is 1. The molecule has 19 heavy (non-hydrogen) atoms. The number of halogens is 3. The van der Waals surface area contributed by atoms with Crippen molar-refractivity contribution in [3.8, 4) is 0 Å². The fourth-order valence-corrected chi connectivity index (χ4v) is 4.62. The lowest BCUT2D eigenvalue weighted by molar-refractivity contribution is 0.599. The van der Waals surface area contributed by atoms with Crippen molar-refractivity contribution in [2.45, 2.75) is 4.90 Å². The topological polar surface area (TPSA) is 85.1 Å². The molecule has 5 nitrogen and oxygen atoms in total. The number of hydrogen-bond donors (Lipinski definition) is 2. The maximum atomic E-state index is 13.2. The van der Waals surface area contributed by atoms with Crippen molar-refractivity contribution in [3.05, 3.63) is 32.4 Å². The SMILES string of the molecule is Nc1cc(S(=O)(=O)Nc2ncc(Br)s2)c(Br)cc1F. The quantitative estimate of drug-likeness (QED) is 0.732. The molecule has 10 heteroatoms. The van der Waals surface area contributed by atoms with E-state index in [2.05, 4.69) is 41.6 Å². The van der Waals surface area contributed by atoms with Crippen molar-refractivity contribution in [2.75, 3.05) is 10.5 Å². The van der Waals surface area contributed by atoms with Crippen molar-refractivity contribution in [3.63, 3.8) is 0 Å². The van der Waals surface area contributed by atoms with E-state index in [0.29, 0.717) is 3.79 Å². The molecule has 0 saturated carbocycles. The second kappa shape index (κ2) is 5.35. The van der Waals surface area contributed by atoms with E-state index in [9.17, 15) is 12.8 Å². The Labute approximate surface area is 129 Å². The summed E-state index contributed by atoms with van der Waals surface area (Å²) >= 11 is 7.29. The van der Waals surface area contributed by atoms with Gasteiger partial charge in [0.15, 0.2) is 5.13 Å². The number of nitrogens with two attached hydrogens (primary N) is 1. The monoisotopic (exact) mass is 429 g/mol. The fourth-order valence-electron chi connectivity index (χ4n) is 1.22. The van der Waals surface area contributed by atoms with Crippen LogP contribution in [0.15, 0.2) is 31.5 Å². The molecule has 2 aromatic rings. The van der Waals surface area contributed by atoms with Crippen LogP contribution in [0.5, 0.6) is 0 Å². The molecule has 0 aliphatic heterocycles. The van der Waals surface area contributed by atoms with Gasteiger partial charge in [0, 0.05) is 4.47 Å². The van der Waals surface area contributed by atoms with Gasteiger partial charge in [-0.1, -0.05) is 11.3 Å². The van der Waals surface area contributed by atoms with Gasteiger partial charge in [0.2, 0.25) is 0 Å². The third kappa shape index (κ3) is 3.25. The van der Waals surface area contributed by atoms with Gasteiger partial charge in [-0.3, -0.25) is 4.72 Å². The number of nitrogen functional groups attached to an aromatic ring is 1. The van der Waals surface area contributed by atoms with E-state index in [1.165, 1.54) is 6.20 Å². The standard InChI is InChI=1S/C9H6Br2FN3O2S2/c10-4-1-5(12)6(13)2-7(4)19(16,17)15-9-14-3-8(11)18-9/h1-3H,13H2,(H,14,15). The van der Waals surface area contributed by atoms with Gasteiger partial charge >= 0.3 is 0 Å². The largest absolute Gasteiger partial charge is 0.396 e. The lowest BCUT2D eigenvalue weighted by Crippen LogP contribution is -2.14. The van der Waals surface area contributed by atoms with Crippen LogP contribution in [0.3, 0.4) is 0 Å². The lowest BCUT2D eigenvalue weighted by Gasteiger charge is -2.08. The van der Waals surface area contributed by atoms with E-state index < -0.39 is 15.8 Å². The molecule has 0 bridgehead atoms. The molecule has 1 aromatic heterocycles. The van der Waals surface area contributed by atoms with E-state index in [-0.39, 0.29) is 20.2 Å². The molecular weight excluding hydrogens is 425 g/mol. The predicted molar refractivity (Wildman–Crippen MR) is 79.1 cm³/mol. The number of aromatic nitrogens is 1. The molecule has 0 unspecified atom stereocenters. The summed E-state index contributed by atoms with van der Waals surface area (Å²) in [5, 5.41) is 0.196. The molecule has 0 amide bonds. The summed E-state index contributed by atoms with van der Waals surface area (Å²) in [6.45, 7) is 0. The molecule has 2 rings (SSSR count). The van der Waals surface area contributed by atoms with Gasteiger partial charge in [0.25, 0.3) is 10.0 Å². The highest BCUT2D eigenvalue weighted by molar-refractivity contribution is 9.11. The second-order valence-corrected chi connectivity index (χ2v) is 8.29. The first-order chi connectivity index (χ1) is 8.79. The number of nitrogens with zero attached hydrogens (tertiary/aromatic N) is 1. The normalized spacial score (nSPS) is 11.5. The Kier molecular flexibility index (Phi) is 4.14. The Morgan fingerprint density at radius 2 is 2.05 bits per heavy atom. The number of rotatable bonds is 3. The highest BCUT2D eigenvalue weighted by atomic mass is 79.9. The van der Waals surface area contributed by atoms with Crippen LogP contribution in [0, 0.1) is 5.82 Å². The summed E-state index contributed by atoms with van der Waals surface area (Å²) in [5.41, 5.74) is 5.13. The Hall–Kier alpha value is -0.710. The number of benzene rings is 1. The molecule has 0 spiro atoms. The Morgan fingerprint density at radius 1 is 1.37 bits per heavy atom. The molecule has 0 aliphatic rings. The number of anilines is 2. The van der Waals surface area contributed by atoms with E-state index in [1.807, 2.05) is 0 Å². The van der Waals surface area contributed by atoms with Gasteiger partial charge in [-0.05, 0) is 44.0 Å². The fraction of sp³-hybridized carbons (Fsp3) is 0. The molecule has 0 atom stereocenters. The van der Waals surface area contributed by atoms with Crippen LogP contribution in [-0.2, 0) is 10.0 Å². The highest BCUT2D eigenvalue weighted by Crippen LogP contribution is 2.30.